The van der Waals surface area contributed by atoms with Crippen molar-refractivity contribution in [2.45, 2.75) is 6.42 Å². The molecule has 0 radical (unpaired) electrons. The van der Waals surface area contributed by atoms with E-state index in [9.17, 15) is 0 Å². The summed E-state index contributed by atoms with van der Waals surface area (Å²) in [6.07, 6.45) is 0.649. The first kappa shape index (κ1) is 10.7. The van der Waals surface area contributed by atoms with E-state index in [-0.39, 0.29) is 0 Å². The van der Waals surface area contributed by atoms with Crippen molar-refractivity contribution in [1.29, 1.82) is 0 Å². The molecule has 0 atom stereocenters. The van der Waals surface area contributed by atoms with Crippen molar-refractivity contribution in [2.24, 2.45) is 5.16 Å². The van der Waals surface area contributed by atoms with Crippen molar-refractivity contribution in [2.75, 3.05) is 0 Å². The van der Waals surface area contributed by atoms with E-state index < -0.39 is 0 Å². The Labute approximate surface area is 108 Å². The Kier molecular flexibility index (Phi) is 2.82. The molecule has 3 rings (SSSR count). The van der Waals surface area contributed by atoms with E-state index in [1.54, 1.807) is 0 Å². The Morgan fingerprint density at radius 1 is 1.24 bits per heavy atom. The van der Waals surface area contributed by atoms with Crippen LogP contribution in [0.3, 0.4) is 0 Å². The second kappa shape index (κ2) is 4.47. The number of hydrogen-bond donors (Lipinski definition) is 1. The predicted molar refractivity (Wildman–Crippen MR) is 71.9 cm³/mol. The van der Waals surface area contributed by atoms with Gasteiger partial charge in [0.2, 0.25) is 12.2 Å². The molecule has 3 nitrogen and oxygen atoms in total. The van der Waals surface area contributed by atoms with E-state index >= 15 is 0 Å². The fraction of sp³-hybridized carbons (Fsp3) is 0.0833. The Morgan fingerprint density at radius 3 is 2.71 bits per heavy atom. The molecular weight excluding hydrogens is 256 g/mol. The summed E-state index contributed by atoms with van der Waals surface area (Å²) in [7, 11) is 0. The van der Waals surface area contributed by atoms with Crippen molar-refractivity contribution in [3.8, 4) is 0 Å². The molecule has 0 bridgehead atoms. The van der Waals surface area contributed by atoms with Crippen molar-refractivity contribution in [3.63, 3.8) is 0 Å². The minimum atomic E-state index is 0.649. The van der Waals surface area contributed by atoms with Crippen LogP contribution in [0.5, 0.6) is 0 Å². The molecule has 5 heteroatoms. The molecule has 2 aromatic carbocycles. The minimum Gasteiger partial charge on any atom is -0.297 e. The molecule has 0 aromatic heterocycles. The Hall–Kier alpha value is -1.39. The molecular formula is C12H9ClN2OS. The predicted octanol–water partition coefficient (Wildman–Crippen LogP) is 3.53. The quantitative estimate of drug-likeness (QED) is 0.665. The highest BCUT2D eigenvalue weighted by atomic mass is 35.5. The maximum atomic E-state index is 6.25. The van der Waals surface area contributed by atoms with Gasteiger partial charge in [0.1, 0.15) is 0 Å². The van der Waals surface area contributed by atoms with E-state index in [1.807, 2.05) is 18.2 Å². The fourth-order valence-electron chi connectivity index (χ4n) is 1.79. The number of hydrogen-bond acceptors (Lipinski definition) is 4. The second-order valence-corrected chi connectivity index (χ2v) is 4.69. The average Bonchev–Trinajstić information content (AvgIpc) is 2.83. The van der Waals surface area contributed by atoms with Crippen LogP contribution in [0.2, 0.25) is 5.02 Å². The molecule has 0 aliphatic carbocycles. The topological polar surface area (TPSA) is 33.6 Å². The summed E-state index contributed by atoms with van der Waals surface area (Å²) in [5, 5.41) is 6.94. The highest BCUT2D eigenvalue weighted by Gasteiger charge is 2.12. The number of oxime groups is 1. The molecule has 1 aliphatic heterocycles. The van der Waals surface area contributed by atoms with Gasteiger partial charge in [0.15, 0.2) is 5.84 Å². The normalized spacial score (nSPS) is 14.3. The number of nitrogens with zero attached hydrogens (tertiary/aromatic N) is 1. The first-order valence-electron chi connectivity index (χ1n) is 5.16. The van der Waals surface area contributed by atoms with Gasteiger partial charge in [-0.05, 0) is 28.5 Å². The maximum absolute atomic E-state index is 6.25. The molecule has 0 unspecified atom stereocenters. The zero-order valence-electron chi connectivity index (χ0n) is 8.81. The molecule has 86 valence electrons. The molecule has 1 aliphatic rings. The lowest BCUT2D eigenvalue weighted by molar-refractivity contribution is 0.415. The summed E-state index contributed by atoms with van der Waals surface area (Å²) in [6.45, 7) is 0. The van der Waals surface area contributed by atoms with Gasteiger partial charge in [-0.25, -0.2) is 0 Å². The largest absolute Gasteiger partial charge is 0.297 e. The standard InChI is InChI=1S/C12H9ClN2OS/c13-11-6-9-4-2-1-3-8(9)5-10(11)7-12-14-16-17-15-12/h1-6H,7H2,(H,14,15). The van der Waals surface area contributed by atoms with Crippen LogP contribution in [0.25, 0.3) is 10.8 Å². The summed E-state index contributed by atoms with van der Waals surface area (Å²) >= 11 is 7.37. The number of halogens is 1. The average molecular weight is 265 g/mol. The van der Waals surface area contributed by atoms with Crippen LogP contribution in [0, 0.1) is 0 Å². The van der Waals surface area contributed by atoms with E-state index in [0.29, 0.717) is 6.42 Å². The molecule has 0 saturated carbocycles. The Bertz CT molecular complexity index is 600. The van der Waals surface area contributed by atoms with Crippen molar-refractivity contribution < 1.29 is 4.28 Å². The van der Waals surface area contributed by atoms with Gasteiger partial charge in [-0.1, -0.05) is 41.0 Å². The van der Waals surface area contributed by atoms with Crippen LogP contribution in [0.4, 0.5) is 0 Å². The first-order valence-corrected chi connectivity index (χ1v) is 6.27. The third kappa shape index (κ3) is 2.18. The highest BCUT2D eigenvalue weighted by molar-refractivity contribution is 7.93. The summed E-state index contributed by atoms with van der Waals surface area (Å²) in [6, 6.07) is 12.2. The number of fused-ring (bicyclic) bond motifs is 1. The van der Waals surface area contributed by atoms with Crippen molar-refractivity contribution >= 4 is 40.4 Å². The molecule has 1 N–H and O–H groups in total. The number of amidine groups is 1. The van der Waals surface area contributed by atoms with Crippen LogP contribution < -0.4 is 4.72 Å². The van der Waals surface area contributed by atoms with Crippen LogP contribution in [0.15, 0.2) is 41.6 Å². The third-order valence-electron chi connectivity index (χ3n) is 2.62. The van der Waals surface area contributed by atoms with Gasteiger partial charge in [-0.3, -0.25) is 9.01 Å². The van der Waals surface area contributed by atoms with Gasteiger partial charge in [-0.2, -0.15) is 0 Å². The molecule has 0 amide bonds. The van der Waals surface area contributed by atoms with E-state index in [2.05, 4.69) is 28.1 Å². The van der Waals surface area contributed by atoms with Gasteiger partial charge in [0.25, 0.3) is 0 Å². The van der Waals surface area contributed by atoms with E-state index in [0.717, 1.165) is 34.0 Å². The molecule has 0 fully saturated rings. The van der Waals surface area contributed by atoms with Gasteiger partial charge < -0.3 is 0 Å². The lowest BCUT2D eigenvalue weighted by Gasteiger charge is -2.05. The Balaban J connectivity index is 2.00. The molecule has 1 heterocycles. The van der Waals surface area contributed by atoms with Crippen molar-refractivity contribution in [1.82, 2.24) is 4.72 Å². The number of rotatable bonds is 2. The Morgan fingerprint density at radius 2 is 2.00 bits per heavy atom. The summed E-state index contributed by atoms with van der Waals surface area (Å²) in [5.41, 5.74) is 1.04. The molecule has 0 saturated heterocycles. The monoisotopic (exact) mass is 264 g/mol. The zero-order valence-corrected chi connectivity index (χ0v) is 10.4. The lowest BCUT2D eigenvalue weighted by Crippen LogP contribution is -2.14. The number of nitrogens with one attached hydrogen (secondary N) is 1. The summed E-state index contributed by atoms with van der Waals surface area (Å²) in [4.78, 5) is 0. The fourth-order valence-corrected chi connectivity index (χ4v) is 2.40. The van der Waals surface area contributed by atoms with Crippen LogP contribution >= 0.6 is 23.8 Å². The maximum Gasteiger partial charge on any atom is 0.208 e. The first-order chi connectivity index (χ1) is 8.33. The van der Waals surface area contributed by atoms with Gasteiger partial charge in [-0.15, -0.1) is 0 Å². The summed E-state index contributed by atoms with van der Waals surface area (Å²) in [5.74, 6) is 0.784. The van der Waals surface area contributed by atoms with E-state index in [1.165, 1.54) is 5.39 Å². The van der Waals surface area contributed by atoms with Gasteiger partial charge in [0.05, 0.1) is 0 Å². The highest BCUT2D eigenvalue weighted by Crippen LogP contribution is 2.25. The van der Waals surface area contributed by atoms with Crippen LogP contribution in [-0.4, -0.2) is 5.84 Å². The molecule has 0 spiro atoms. The summed E-state index contributed by atoms with van der Waals surface area (Å²) < 4.78 is 7.77. The van der Waals surface area contributed by atoms with Gasteiger partial charge >= 0.3 is 0 Å². The smallest absolute Gasteiger partial charge is 0.208 e. The van der Waals surface area contributed by atoms with Crippen LogP contribution in [0.1, 0.15) is 5.56 Å². The minimum absolute atomic E-state index is 0.649. The second-order valence-electron chi connectivity index (χ2n) is 3.77. The van der Waals surface area contributed by atoms with E-state index in [4.69, 9.17) is 15.9 Å². The third-order valence-corrected chi connectivity index (χ3v) is 3.44. The molecule has 2 aromatic rings. The van der Waals surface area contributed by atoms with Crippen LogP contribution in [-0.2, 0) is 10.7 Å². The van der Waals surface area contributed by atoms with Crippen molar-refractivity contribution in [3.05, 3.63) is 47.0 Å². The molecule has 17 heavy (non-hydrogen) atoms. The number of benzene rings is 2. The van der Waals surface area contributed by atoms with Gasteiger partial charge in [0, 0.05) is 11.4 Å². The zero-order chi connectivity index (χ0) is 11.7. The SMILES string of the molecule is Clc1cc2ccccc2cc1CC1=NOSN1. The lowest BCUT2D eigenvalue weighted by atomic mass is 10.0.